The van der Waals surface area contributed by atoms with Crippen molar-refractivity contribution >= 4 is 39.5 Å². The minimum Gasteiger partial charge on any atom is -0.462 e. The predicted molar refractivity (Wildman–Crippen MR) is 427 cm³/mol. The number of unbranched alkanes of at least 4 members (excludes halogenated alkanes) is 43. The maximum absolute atomic E-state index is 13.1. The van der Waals surface area contributed by atoms with Crippen LogP contribution in [0.3, 0.4) is 0 Å². The molecule has 19 heteroatoms. The van der Waals surface area contributed by atoms with E-state index in [1.54, 1.807) is 0 Å². The van der Waals surface area contributed by atoms with Crippen molar-refractivity contribution in [2.24, 2.45) is 11.8 Å². The van der Waals surface area contributed by atoms with E-state index >= 15 is 0 Å². The van der Waals surface area contributed by atoms with Gasteiger partial charge in [-0.15, -0.1) is 0 Å². The summed E-state index contributed by atoms with van der Waals surface area (Å²) in [5.41, 5.74) is 0. The zero-order chi connectivity index (χ0) is 76.4. The summed E-state index contributed by atoms with van der Waals surface area (Å²) in [5.74, 6) is -0.558. The number of carbonyl (C=O) groups is 4. The highest BCUT2D eigenvalue weighted by molar-refractivity contribution is 7.47. The van der Waals surface area contributed by atoms with Crippen LogP contribution in [0.4, 0.5) is 0 Å². The van der Waals surface area contributed by atoms with Crippen LogP contribution in [0.2, 0.25) is 0 Å². The lowest BCUT2D eigenvalue weighted by Gasteiger charge is -2.21. The molecule has 17 nitrogen and oxygen atoms in total. The van der Waals surface area contributed by atoms with Crippen molar-refractivity contribution in [2.45, 2.75) is 419 Å². The van der Waals surface area contributed by atoms with Gasteiger partial charge in [-0.25, -0.2) is 9.13 Å². The molecule has 0 saturated heterocycles. The van der Waals surface area contributed by atoms with Gasteiger partial charge in [0.05, 0.1) is 26.4 Å². The van der Waals surface area contributed by atoms with Crippen LogP contribution in [0.1, 0.15) is 401 Å². The van der Waals surface area contributed by atoms with E-state index in [9.17, 15) is 43.2 Å². The molecule has 0 aliphatic rings. The normalized spacial score (nSPS) is 14.4. The number of ether oxygens (including phenoxy) is 4. The molecule has 0 aromatic rings. The summed E-state index contributed by atoms with van der Waals surface area (Å²) in [4.78, 5) is 73.1. The highest BCUT2D eigenvalue weighted by Crippen LogP contribution is 2.45. The van der Waals surface area contributed by atoms with Crippen molar-refractivity contribution in [3.63, 3.8) is 0 Å². The van der Waals surface area contributed by atoms with Gasteiger partial charge < -0.3 is 33.8 Å². The monoisotopic (exact) mass is 1510 g/mol. The number of allylic oxidation sites excluding steroid dienone is 8. The maximum atomic E-state index is 13.1. The molecule has 3 unspecified atom stereocenters. The van der Waals surface area contributed by atoms with E-state index in [0.717, 1.165) is 134 Å². The lowest BCUT2D eigenvalue weighted by molar-refractivity contribution is -0.161. The number of hydrogen-bond acceptors (Lipinski definition) is 15. The second kappa shape index (κ2) is 75.4. The molecule has 0 amide bonds. The first-order valence-corrected chi connectivity index (χ1v) is 45.7. The Labute approximate surface area is 636 Å². The second-order valence-electron chi connectivity index (χ2n) is 29.9. The van der Waals surface area contributed by atoms with Gasteiger partial charge >= 0.3 is 39.5 Å². The minimum absolute atomic E-state index is 0.0825. The van der Waals surface area contributed by atoms with Gasteiger partial charge in [0, 0.05) is 25.7 Å². The third-order valence-electron chi connectivity index (χ3n) is 19.1. The highest BCUT2D eigenvalue weighted by Gasteiger charge is 2.30. The smallest absolute Gasteiger partial charge is 0.462 e. The van der Waals surface area contributed by atoms with Crippen molar-refractivity contribution in [1.29, 1.82) is 0 Å². The van der Waals surface area contributed by atoms with Gasteiger partial charge in [0.25, 0.3) is 0 Å². The summed E-state index contributed by atoms with van der Waals surface area (Å²) >= 11 is 0. The lowest BCUT2D eigenvalue weighted by atomic mass is 9.99. The van der Waals surface area contributed by atoms with E-state index < -0.39 is 97.5 Å². The number of aliphatic hydroxyl groups is 1. The molecule has 610 valence electrons. The molecule has 104 heavy (non-hydrogen) atoms. The van der Waals surface area contributed by atoms with Crippen molar-refractivity contribution in [1.82, 2.24) is 0 Å². The summed E-state index contributed by atoms with van der Waals surface area (Å²) in [5, 5.41) is 10.7. The van der Waals surface area contributed by atoms with Gasteiger partial charge in [0.1, 0.15) is 19.3 Å². The molecule has 0 bridgehead atoms. The fourth-order valence-corrected chi connectivity index (χ4v) is 13.7. The molecule has 0 aromatic carbocycles. The Hall–Kier alpha value is -2.98. The number of esters is 4. The topological polar surface area (TPSA) is 237 Å². The maximum Gasteiger partial charge on any atom is 0.472 e. The van der Waals surface area contributed by atoms with Gasteiger partial charge in [-0.05, 0) is 88.9 Å². The Kier molecular flexibility index (Phi) is 73.3. The van der Waals surface area contributed by atoms with Crippen molar-refractivity contribution in [3.8, 4) is 0 Å². The molecular formula is C85H158O17P2. The van der Waals surface area contributed by atoms with Crippen molar-refractivity contribution in [3.05, 3.63) is 48.6 Å². The van der Waals surface area contributed by atoms with Gasteiger partial charge in [-0.2, -0.15) is 0 Å². The molecule has 3 N–H and O–H groups in total. The van der Waals surface area contributed by atoms with Crippen LogP contribution in [0.25, 0.3) is 0 Å². The standard InChI is InChI=1S/C85H158O17P2/c1-7-10-12-14-16-18-20-22-28-33-37-43-49-55-61-67-82(87)95-73-80(101-85(90)70-64-58-52-45-39-35-31-27-25-24-26-30-32-36-42-48-54-60-66-78(6)9-3)75-99-103(91,92)97-71-79(86)72-98-104(93,94)100-76-81(74-96-83(88)68-62-56-50-46-40-41-47-53-59-65-77(4)5)102-84(89)69-63-57-51-44-38-34-29-23-21-19-17-15-13-11-8-2/h18-23,28-29,77-81,86H,7-17,24-27,30-76H2,1-6H3,(H,91,92)(H,93,94)/b20-18-,21-19-,28-22-,29-23-/t78?,79-,80-,81-/m1/s1. The van der Waals surface area contributed by atoms with Crippen LogP contribution < -0.4 is 0 Å². The largest absolute Gasteiger partial charge is 0.472 e. The highest BCUT2D eigenvalue weighted by atomic mass is 31.2. The van der Waals surface area contributed by atoms with E-state index in [-0.39, 0.29) is 25.7 Å². The second-order valence-corrected chi connectivity index (χ2v) is 32.8. The molecule has 0 heterocycles. The summed E-state index contributed by atoms with van der Waals surface area (Å²) in [7, 11) is -9.95. The Morgan fingerprint density at radius 3 is 0.856 bits per heavy atom. The van der Waals surface area contributed by atoms with E-state index in [1.807, 2.05) is 0 Å². The summed E-state index contributed by atoms with van der Waals surface area (Å²) < 4.78 is 68.7. The zero-order valence-corrected chi connectivity index (χ0v) is 69.1. The first-order chi connectivity index (χ1) is 50.4. The average molecular weight is 1510 g/mol. The van der Waals surface area contributed by atoms with E-state index in [1.165, 1.54) is 186 Å². The quantitative estimate of drug-likeness (QED) is 0.0169. The summed E-state index contributed by atoms with van der Waals surface area (Å²) in [6, 6.07) is 0. The fourth-order valence-electron chi connectivity index (χ4n) is 12.1. The summed E-state index contributed by atoms with van der Waals surface area (Å²) in [6.07, 6.45) is 72.4. The molecule has 0 rings (SSSR count). The molecule has 0 aromatic heterocycles. The number of hydrogen-bond donors (Lipinski definition) is 3. The third kappa shape index (κ3) is 75.8. The van der Waals surface area contributed by atoms with E-state index in [0.29, 0.717) is 25.7 Å². The first-order valence-electron chi connectivity index (χ1n) is 42.7. The number of phosphoric acid groups is 2. The van der Waals surface area contributed by atoms with Gasteiger partial charge in [0.15, 0.2) is 12.2 Å². The molecular weight excluding hydrogens is 1350 g/mol. The predicted octanol–water partition coefficient (Wildman–Crippen LogP) is 24.9. The molecule has 0 aliphatic heterocycles. The molecule has 0 saturated carbocycles. The average Bonchev–Trinajstić information content (AvgIpc) is 0.910. The van der Waals surface area contributed by atoms with Gasteiger partial charge in [-0.1, -0.05) is 347 Å². The number of carbonyl (C=O) groups excluding carboxylic acids is 4. The Morgan fingerprint density at radius 2 is 0.567 bits per heavy atom. The lowest BCUT2D eigenvalue weighted by Crippen LogP contribution is -2.30. The molecule has 6 atom stereocenters. The zero-order valence-electron chi connectivity index (χ0n) is 67.3. The van der Waals surface area contributed by atoms with Crippen LogP contribution in [0, 0.1) is 11.8 Å². The molecule has 0 aliphatic carbocycles. The molecule has 0 spiro atoms. The summed E-state index contributed by atoms with van der Waals surface area (Å²) in [6.45, 7) is 9.57. The van der Waals surface area contributed by atoms with Crippen LogP contribution in [0.5, 0.6) is 0 Å². The van der Waals surface area contributed by atoms with Gasteiger partial charge in [-0.3, -0.25) is 37.3 Å². The van der Waals surface area contributed by atoms with Crippen molar-refractivity contribution < 1.29 is 80.2 Å². The number of aliphatic hydroxyl groups excluding tert-OH is 1. The Morgan fingerprint density at radius 1 is 0.317 bits per heavy atom. The van der Waals surface area contributed by atoms with Crippen LogP contribution in [0.15, 0.2) is 48.6 Å². The van der Waals surface area contributed by atoms with Crippen LogP contribution in [-0.4, -0.2) is 96.7 Å². The van der Waals surface area contributed by atoms with Crippen LogP contribution in [-0.2, 0) is 65.4 Å². The molecule has 0 fully saturated rings. The fraction of sp³-hybridized carbons (Fsp3) is 0.859. The van der Waals surface area contributed by atoms with Gasteiger partial charge in [0.2, 0.25) is 0 Å². The van der Waals surface area contributed by atoms with Crippen molar-refractivity contribution in [2.75, 3.05) is 39.6 Å². The number of rotatable bonds is 80. The van der Waals surface area contributed by atoms with E-state index in [2.05, 4.69) is 90.2 Å². The SMILES string of the molecule is CCCCCC/C=C\C=C/CCCCCCCC(=O)OC[C@H](COP(=O)(O)OC[C@@H](O)COP(=O)(O)OC[C@@H](COC(=O)CCCCCCCCCCCC(C)C)OC(=O)CCCCCCC/C=C\C=C/CCCCCC)OC(=O)CCCCCCCCCCCCCCCCCCCCC(C)CC. The minimum atomic E-state index is -4.98. The first kappa shape index (κ1) is 101. The van der Waals surface area contributed by atoms with E-state index in [4.69, 9.17) is 37.0 Å². The Balaban J connectivity index is 5.30. The van der Waals surface area contributed by atoms with Crippen LogP contribution >= 0.6 is 15.6 Å². The Bertz CT molecular complexity index is 2190. The number of phosphoric ester groups is 2. The third-order valence-corrected chi connectivity index (χ3v) is 21.0. The molecule has 0 radical (unpaired) electrons.